The third-order valence-electron chi connectivity index (χ3n) is 4.31. The van der Waals surface area contributed by atoms with Crippen molar-refractivity contribution < 1.29 is 4.79 Å². The molecule has 0 aromatic heterocycles. The minimum absolute atomic E-state index is 0.109. The minimum Gasteiger partial charge on any atom is -0.399 e. The van der Waals surface area contributed by atoms with Crippen LogP contribution in [0.2, 0.25) is 0 Å². The van der Waals surface area contributed by atoms with Crippen LogP contribution in [0.4, 0.5) is 11.4 Å². The maximum Gasteiger partial charge on any atom is 0.255 e. The fourth-order valence-corrected chi connectivity index (χ4v) is 2.98. The summed E-state index contributed by atoms with van der Waals surface area (Å²) >= 11 is 0. The summed E-state index contributed by atoms with van der Waals surface area (Å²) in [4.78, 5) is 12.6. The second-order valence-electron chi connectivity index (χ2n) is 6.12. The van der Waals surface area contributed by atoms with E-state index in [1.807, 2.05) is 61.5 Å². The molecule has 0 saturated carbocycles. The number of anilines is 2. The van der Waals surface area contributed by atoms with Crippen LogP contribution in [-0.4, -0.2) is 5.91 Å². The Balaban J connectivity index is 1.83. The first-order valence-electron chi connectivity index (χ1n) is 8.44. The van der Waals surface area contributed by atoms with Crippen molar-refractivity contribution in [2.75, 3.05) is 11.1 Å². The first-order valence-corrected chi connectivity index (χ1v) is 8.44. The highest BCUT2D eigenvalue weighted by molar-refractivity contribution is 6.05. The van der Waals surface area contributed by atoms with Gasteiger partial charge in [0.25, 0.3) is 5.91 Å². The molecule has 3 heteroatoms. The van der Waals surface area contributed by atoms with Crippen molar-refractivity contribution in [2.24, 2.45) is 0 Å². The number of hydrogen-bond donors (Lipinski definition) is 2. The third kappa shape index (κ3) is 3.72. The van der Waals surface area contributed by atoms with Gasteiger partial charge in [-0.15, -0.1) is 0 Å². The number of carbonyl (C=O) groups excluding carboxylic acids is 1. The molecule has 25 heavy (non-hydrogen) atoms. The van der Waals surface area contributed by atoms with E-state index in [-0.39, 0.29) is 5.91 Å². The molecule has 3 nitrogen and oxygen atoms in total. The molecule has 0 aliphatic heterocycles. The second-order valence-corrected chi connectivity index (χ2v) is 6.12. The lowest BCUT2D eigenvalue weighted by atomic mass is 10.0. The number of amides is 1. The van der Waals surface area contributed by atoms with Crippen molar-refractivity contribution in [3.05, 3.63) is 83.4 Å². The smallest absolute Gasteiger partial charge is 0.255 e. The van der Waals surface area contributed by atoms with Gasteiger partial charge in [0.2, 0.25) is 0 Å². The molecule has 3 aromatic rings. The third-order valence-corrected chi connectivity index (χ3v) is 4.31. The van der Waals surface area contributed by atoms with E-state index >= 15 is 0 Å². The van der Waals surface area contributed by atoms with Crippen LogP contribution in [0.3, 0.4) is 0 Å². The van der Waals surface area contributed by atoms with E-state index in [0.29, 0.717) is 5.56 Å². The molecule has 0 aliphatic rings. The lowest BCUT2D eigenvalue weighted by Gasteiger charge is -2.14. The maximum absolute atomic E-state index is 12.6. The largest absolute Gasteiger partial charge is 0.399 e. The summed E-state index contributed by atoms with van der Waals surface area (Å²) in [5.41, 5.74) is 12.4. The highest BCUT2D eigenvalue weighted by Crippen LogP contribution is 2.26. The van der Waals surface area contributed by atoms with Crippen LogP contribution < -0.4 is 11.1 Å². The molecular formula is C22H22N2O. The summed E-state index contributed by atoms with van der Waals surface area (Å²) in [5, 5.41) is 3.04. The van der Waals surface area contributed by atoms with Crippen LogP contribution in [-0.2, 0) is 6.42 Å². The van der Waals surface area contributed by atoms with E-state index in [0.717, 1.165) is 40.0 Å². The average Bonchev–Trinajstić information content (AvgIpc) is 2.64. The predicted molar refractivity (Wildman–Crippen MR) is 105 cm³/mol. The van der Waals surface area contributed by atoms with Gasteiger partial charge in [-0.05, 0) is 59.9 Å². The molecule has 0 bridgehead atoms. The Kier molecular flexibility index (Phi) is 4.85. The quantitative estimate of drug-likeness (QED) is 0.657. The first-order chi connectivity index (χ1) is 12.1. The Labute approximate surface area is 148 Å². The fraction of sp³-hybridized carbons (Fsp3) is 0.136. The molecule has 3 N–H and O–H groups in total. The number of hydrogen-bond acceptors (Lipinski definition) is 2. The first kappa shape index (κ1) is 16.8. The summed E-state index contributed by atoms with van der Waals surface area (Å²) < 4.78 is 0. The Hall–Kier alpha value is -3.07. The SMILES string of the molecule is CCc1cc(N)cc(C)c1NC(=O)c1ccc(-c2ccccc2)cc1. The second kappa shape index (κ2) is 7.22. The Morgan fingerprint density at radius 2 is 1.60 bits per heavy atom. The lowest BCUT2D eigenvalue weighted by molar-refractivity contribution is 0.102. The number of rotatable bonds is 4. The molecule has 0 unspecified atom stereocenters. The zero-order valence-corrected chi connectivity index (χ0v) is 14.5. The number of benzene rings is 3. The van der Waals surface area contributed by atoms with E-state index in [2.05, 4.69) is 24.4 Å². The molecule has 3 aromatic carbocycles. The van der Waals surface area contributed by atoms with Crippen LogP contribution in [0.25, 0.3) is 11.1 Å². The van der Waals surface area contributed by atoms with E-state index in [4.69, 9.17) is 5.73 Å². The summed E-state index contributed by atoms with van der Waals surface area (Å²) in [6.07, 6.45) is 0.814. The number of nitrogen functional groups attached to an aromatic ring is 1. The number of carbonyl (C=O) groups is 1. The van der Waals surface area contributed by atoms with Crippen LogP contribution in [0.5, 0.6) is 0 Å². The molecule has 126 valence electrons. The fourth-order valence-electron chi connectivity index (χ4n) is 2.98. The van der Waals surface area contributed by atoms with Crippen molar-refractivity contribution in [3.8, 4) is 11.1 Å². The van der Waals surface area contributed by atoms with Gasteiger partial charge in [-0.2, -0.15) is 0 Å². The topological polar surface area (TPSA) is 55.1 Å². The monoisotopic (exact) mass is 330 g/mol. The Bertz CT molecular complexity index is 884. The van der Waals surface area contributed by atoms with E-state index in [9.17, 15) is 4.79 Å². The molecule has 0 radical (unpaired) electrons. The number of aryl methyl sites for hydroxylation is 2. The highest BCUT2D eigenvalue weighted by Gasteiger charge is 2.12. The van der Waals surface area contributed by atoms with E-state index in [1.165, 1.54) is 0 Å². The predicted octanol–water partition coefficient (Wildman–Crippen LogP) is 5.06. The Morgan fingerprint density at radius 1 is 0.960 bits per heavy atom. The average molecular weight is 330 g/mol. The van der Waals surface area contributed by atoms with Crippen LogP contribution in [0.1, 0.15) is 28.4 Å². The van der Waals surface area contributed by atoms with Gasteiger partial charge in [-0.1, -0.05) is 49.4 Å². The molecule has 0 aliphatic carbocycles. The molecule has 3 rings (SSSR count). The van der Waals surface area contributed by atoms with E-state index < -0.39 is 0 Å². The summed E-state index contributed by atoms with van der Waals surface area (Å²) in [5.74, 6) is -0.109. The van der Waals surface area contributed by atoms with Crippen molar-refractivity contribution in [3.63, 3.8) is 0 Å². The standard InChI is InChI=1S/C22H22N2O/c1-3-16-14-20(23)13-15(2)21(16)24-22(25)19-11-9-18(10-12-19)17-7-5-4-6-8-17/h4-14H,3,23H2,1-2H3,(H,24,25). The van der Waals surface area contributed by atoms with Crippen molar-refractivity contribution in [2.45, 2.75) is 20.3 Å². The lowest BCUT2D eigenvalue weighted by Crippen LogP contribution is -2.14. The highest BCUT2D eigenvalue weighted by atomic mass is 16.1. The Morgan fingerprint density at radius 3 is 2.24 bits per heavy atom. The molecule has 1 amide bonds. The van der Waals surface area contributed by atoms with Gasteiger partial charge in [0, 0.05) is 16.9 Å². The van der Waals surface area contributed by atoms with Crippen LogP contribution in [0.15, 0.2) is 66.7 Å². The summed E-state index contributed by atoms with van der Waals surface area (Å²) in [7, 11) is 0. The van der Waals surface area contributed by atoms with E-state index in [1.54, 1.807) is 0 Å². The van der Waals surface area contributed by atoms with Gasteiger partial charge in [0.05, 0.1) is 0 Å². The van der Waals surface area contributed by atoms with Crippen LogP contribution >= 0.6 is 0 Å². The zero-order valence-electron chi connectivity index (χ0n) is 14.5. The van der Waals surface area contributed by atoms with Gasteiger partial charge in [-0.3, -0.25) is 4.79 Å². The van der Waals surface area contributed by atoms with Gasteiger partial charge >= 0.3 is 0 Å². The van der Waals surface area contributed by atoms with Crippen molar-refractivity contribution in [1.82, 2.24) is 0 Å². The number of nitrogens with one attached hydrogen (secondary N) is 1. The molecule has 0 saturated heterocycles. The van der Waals surface area contributed by atoms with Crippen molar-refractivity contribution >= 4 is 17.3 Å². The summed E-state index contributed by atoms with van der Waals surface area (Å²) in [6.45, 7) is 4.02. The molecule has 0 atom stereocenters. The van der Waals surface area contributed by atoms with Gasteiger partial charge in [0.1, 0.15) is 0 Å². The van der Waals surface area contributed by atoms with Gasteiger partial charge < -0.3 is 11.1 Å². The molecule has 0 fully saturated rings. The van der Waals surface area contributed by atoms with Crippen molar-refractivity contribution in [1.29, 1.82) is 0 Å². The summed E-state index contributed by atoms with van der Waals surface area (Å²) in [6, 6.07) is 21.6. The molecular weight excluding hydrogens is 308 g/mol. The zero-order chi connectivity index (χ0) is 17.8. The number of nitrogens with two attached hydrogens (primary N) is 1. The van der Waals surface area contributed by atoms with Crippen LogP contribution in [0, 0.1) is 6.92 Å². The normalized spacial score (nSPS) is 10.5. The molecule has 0 spiro atoms. The maximum atomic E-state index is 12.6. The van der Waals surface area contributed by atoms with Gasteiger partial charge in [-0.25, -0.2) is 0 Å². The molecule has 0 heterocycles. The van der Waals surface area contributed by atoms with Gasteiger partial charge in [0.15, 0.2) is 0 Å². The minimum atomic E-state index is -0.109.